The molecular weight excluding hydrogens is 174 g/mol. The highest BCUT2D eigenvalue weighted by atomic mass is 35.5. The molecule has 1 aliphatic carbocycles. The Bertz CT molecular complexity index is 175. The molecule has 1 rings (SSSR count). The predicted molar refractivity (Wildman–Crippen MR) is 50.3 cm³/mol. The van der Waals surface area contributed by atoms with Crippen LogP contribution in [-0.2, 0) is 4.79 Å². The van der Waals surface area contributed by atoms with E-state index < -0.39 is 0 Å². The number of carbonyl (C=O) groups is 1. The van der Waals surface area contributed by atoms with Crippen LogP contribution in [0.5, 0.6) is 0 Å². The Hall–Kier alpha value is -0.240. The smallest absolute Gasteiger partial charge is 0.235 e. The number of nitrogens with one attached hydrogen (secondary N) is 1. The van der Waals surface area contributed by atoms with E-state index in [1.807, 2.05) is 0 Å². The maximum Gasteiger partial charge on any atom is 0.235 e. The molecule has 3 heteroatoms. The third kappa shape index (κ3) is 2.13. The van der Waals surface area contributed by atoms with Crippen molar-refractivity contribution in [3.63, 3.8) is 0 Å². The molecule has 0 aromatic carbocycles. The van der Waals surface area contributed by atoms with Gasteiger partial charge in [0, 0.05) is 5.54 Å². The third-order valence-corrected chi connectivity index (χ3v) is 2.95. The summed E-state index contributed by atoms with van der Waals surface area (Å²) in [5.74, 6) is 0.647. The van der Waals surface area contributed by atoms with Crippen LogP contribution in [-0.4, -0.2) is 17.3 Å². The Labute approximate surface area is 78.7 Å². The molecule has 1 aliphatic rings. The fraction of sp³-hybridized carbons (Fsp3) is 0.889. The van der Waals surface area contributed by atoms with Gasteiger partial charge in [0.15, 0.2) is 0 Å². The van der Waals surface area contributed by atoms with E-state index in [-0.39, 0.29) is 17.3 Å². The van der Waals surface area contributed by atoms with Crippen LogP contribution in [0.3, 0.4) is 0 Å². The van der Waals surface area contributed by atoms with Crippen molar-refractivity contribution in [1.29, 1.82) is 0 Å². The van der Waals surface area contributed by atoms with Gasteiger partial charge in [0.25, 0.3) is 0 Å². The van der Waals surface area contributed by atoms with E-state index in [4.69, 9.17) is 11.6 Å². The van der Waals surface area contributed by atoms with Crippen molar-refractivity contribution in [2.45, 2.75) is 38.6 Å². The Morgan fingerprint density at radius 2 is 2.17 bits per heavy atom. The fourth-order valence-corrected chi connectivity index (χ4v) is 1.69. The second kappa shape index (κ2) is 3.65. The van der Waals surface area contributed by atoms with Gasteiger partial charge < -0.3 is 5.32 Å². The first-order chi connectivity index (χ1) is 5.56. The van der Waals surface area contributed by atoms with E-state index in [9.17, 15) is 4.79 Å². The summed E-state index contributed by atoms with van der Waals surface area (Å²) in [6.07, 6.45) is 3.76. The molecule has 0 aromatic rings. The lowest BCUT2D eigenvalue weighted by Crippen LogP contribution is -2.51. The molecule has 0 spiro atoms. The normalized spacial score (nSPS) is 18.6. The van der Waals surface area contributed by atoms with E-state index in [1.165, 1.54) is 19.3 Å². The summed E-state index contributed by atoms with van der Waals surface area (Å²) < 4.78 is 0. The molecule has 12 heavy (non-hydrogen) atoms. The van der Waals surface area contributed by atoms with Crippen molar-refractivity contribution in [1.82, 2.24) is 5.32 Å². The standard InChI is InChI=1S/C9H16ClNO/c1-9(2,7-4-3-5-7)11-8(12)6-10/h7H,3-6H2,1-2H3,(H,11,12). The van der Waals surface area contributed by atoms with E-state index in [1.54, 1.807) is 0 Å². The second-order valence-corrected chi connectivity index (χ2v) is 4.30. The molecule has 1 saturated carbocycles. The summed E-state index contributed by atoms with van der Waals surface area (Å²) in [5, 5.41) is 2.94. The van der Waals surface area contributed by atoms with Gasteiger partial charge in [0.05, 0.1) is 0 Å². The Morgan fingerprint density at radius 1 is 1.58 bits per heavy atom. The molecule has 0 heterocycles. The van der Waals surface area contributed by atoms with Crippen LogP contribution in [0.15, 0.2) is 0 Å². The van der Waals surface area contributed by atoms with Crippen molar-refractivity contribution < 1.29 is 4.79 Å². The molecule has 1 fully saturated rings. The van der Waals surface area contributed by atoms with Gasteiger partial charge in [-0.15, -0.1) is 11.6 Å². The van der Waals surface area contributed by atoms with Crippen LogP contribution in [0.1, 0.15) is 33.1 Å². The molecule has 0 aliphatic heterocycles. The van der Waals surface area contributed by atoms with Gasteiger partial charge in [-0.25, -0.2) is 0 Å². The maximum absolute atomic E-state index is 11.0. The Balaban J connectivity index is 2.41. The highest BCUT2D eigenvalue weighted by molar-refractivity contribution is 6.27. The Morgan fingerprint density at radius 3 is 2.50 bits per heavy atom. The first-order valence-electron chi connectivity index (χ1n) is 4.43. The van der Waals surface area contributed by atoms with E-state index in [0.29, 0.717) is 5.92 Å². The second-order valence-electron chi connectivity index (χ2n) is 4.03. The zero-order valence-electron chi connectivity index (χ0n) is 7.69. The number of alkyl halides is 1. The summed E-state index contributed by atoms with van der Waals surface area (Å²) in [6.45, 7) is 4.14. The first-order valence-corrected chi connectivity index (χ1v) is 4.96. The quantitative estimate of drug-likeness (QED) is 0.676. The molecular formula is C9H16ClNO. The van der Waals surface area contributed by atoms with Crippen molar-refractivity contribution in [3.05, 3.63) is 0 Å². The van der Waals surface area contributed by atoms with E-state index in [0.717, 1.165) is 0 Å². The molecule has 1 N–H and O–H groups in total. The van der Waals surface area contributed by atoms with Crippen LogP contribution >= 0.6 is 11.6 Å². The molecule has 2 nitrogen and oxygen atoms in total. The molecule has 0 unspecified atom stereocenters. The largest absolute Gasteiger partial charge is 0.350 e. The highest BCUT2D eigenvalue weighted by Gasteiger charge is 2.34. The first kappa shape index (κ1) is 9.85. The average molecular weight is 190 g/mol. The SMILES string of the molecule is CC(C)(NC(=O)CCl)C1CCC1. The minimum atomic E-state index is -0.0653. The zero-order valence-corrected chi connectivity index (χ0v) is 8.45. The molecule has 0 radical (unpaired) electrons. The number of halogens is 1. The maximum atomic E-state index is 11.0. The van der Waals surface area contributed by atoms with E-state index >= 15 is 0 Å². The van der Waals surface area contributed by atoms with Crippen molar-refractivity contribution in [2.75, 3.05) is 5.88 Å². The van der Waals surface area contributed by atoms with Crippen LogP contribution in [0, 0.1) is 5.92 Å². The lowest BCUT2D eigenvalue weighted by molar-refractivity contribution is -0.121. The zero-order chi connectivity index (χ0) is 9.19. The summed E-state index contributed by atoms with van der Waals surface area (Å²) in [4.78, 5) is 11.0. The lowest BCUT2D eigenvalue weighted by atomic mass is 9.72. The minimum Gasteiger partial charge on any atom is -0.350 e. The van der Waals surface area contributed by atoms with Crippen LogP contribution in [0.4, 0.5) is 0 Å². The summed E-state index contributed by atoms with van der Waals surface area (Å²) in [7, 11) is 0. The van der Waals surface area contributed by atoms with E-state index in [2.05, 4.69) is 19.2 Å². The third-order valence-electron chi connectivity index (χ3n) is 2.71. The van der Waals surface area contributed by atoms with Gasteiger partial charge >= 0.3 is 0 Å². The molecule has 0 bridgehead atoms. The topological polar surface area (TPSA) is 29.1 Å². The van der Waals surface area contributed by atoms with Gasteiger partial charge in [-0.2, -0.15) is 0 Å². The van der Waals surface area contributed by atoms with Gasteiger partial charge in [-0.1, -0.05) is 6.42 Å². The number of carbonyl (C=O) groups excluding carboxylic acids is 1. The molecule has 0 aromatic heterocycles. The van der Waals surface area contributed by atoms with Gasteiger partial charge in [-0.05, 0) is 32.6 Å². The van der Waals surface area contributed by atoms with Crippen LogP contribution < -0.4 is 5.32 Å². The molecule has 0 atom stereocenters. The van der Waals surface area contributed by atoms with Crippen LogP contribution in [0.25, 0.3) is 0 Å². The van der Waals surface area contributed by atoms with Crippen molar-refractivity contribution in [3.8, 4) is 0 Å². The average Bonchev–Trinajstić information content (AvgIpc) is 1.80. The number of hydrogen-bond donors (Lipinski definition) is 1. The Kier molecular flexibility index (Phi) is 2.99. The minimum absolute atomic E-state index is 0.0615. The summed E-state index contributed by atoms with van der Waals surface area (Å²) in [6, 6.07) is 0. The van der Waals surface area contributed by atoms with Crippen molar-refractivity contribution >= 4 is 17.5 Å². The van der Waals surface area contributed by atoms with Crippen LogP contribution in [0.2, 0.25) is 0 Å². The number of hydrogen-bond acceptors (Lipinski definition) is 1. The number of amides is 1. The monoisotopic (exact) mass is 189 g/mol. The summed E-state index contributed by atoms with van der Waals surface area (Å²) >= 11 is 5.41. The molecule has 1 amide bonds. The lowest BCUT2D eigenvalue weighted by Gasteiger charge is -2.40. The van der Waals surface area contributed by atoms with Gasteiger partial charge in [-0.3, -0.25) is 4.79 Å². The van der Waals surface area contributed by atoms with Gasteiger partial charge in [0.1, 0.15) is 5.88 Å². The van der Waals surface area contributed by atoms with Crippen molar-refractivity contribution in [2.24, 2.45) is 5.92 Å². The molecule has 0 saturated heterocycles. The molecule has 70 valence electrons. The highest BCUT2D eigenvalue weighted by Crippen LogP contribution is 2.35. The fourth-order valence-electron chi connectivity index (χ4n) is 1.62. The summed E-state index contributed by atoms with van der Waals surface area (Å²) in [5.41, 5.74) is -0.0653. The number of rotatable bonds is 3. The van der Waals surface area contributed by atoms with Gasteiger partial charge in [0.2, 0.25) is 5.91 Å². The predicted octanol–water partition coefficient (Wildman–Crippen LogP) is 1.92.